The molecule has 4 nitrogen and oxygen atoms in total. The van der Waals surface area contributed by atoms with Gasteiger partial charge in [-0.25, -0.2) is 0 Å². The second kappa shape index (κ2) is 4.81. The van der Waals surface area contributed by atoms with E-state index in [0.29, 0.717) is 16.5 Å². The molecule has 1 aliphatic rings. The first-order valence-electron chi connectivity index (χ1n) is 7.50. The zero-order valence-corrected chi connectivity index (χ0v) is 12.8. The molecule has 1 unspecified atom stereocenters. The number of rotatable bonds is 1. The highest BCUT2D eigenvalue weighted by Gasteiger charge is 2.35. The van der Waals surface area contributed by atoms with Crippen LogP contribution in [-0.2, 0) is 0 Å². The normalized spacial score (nSPS) is 16.4. The van der Waals surface area contributed by atoms with E-state index >= 15 is 0 Å². The maximum absolute atomic E-state index is 13.0. The summed E-state index contributed by atoms with van der Waals surface area (Å²) in [7, 11) is 0. The Kier molecular flexibility index (Phi) is 2.88. The van der Waals surface area contributed by atoms with E-state index in [2.05, 4.69) is 5.32 Å². The fourth-order valence-corrected chi connectivity index (χ4v) is 3.26. The lowest BCUT2D eigenvalue weighted by molar-refractivity contribution is 0.0938. The molecule has 1 aliphatic heterocycles. The minimum absolute atomic E-state index is 0.128. The van der Waals surface area contributed by atoms with Crippen molar-refractivity contribution in [3.8, 4) is 0 Å². The van der Waals surface area contributed by atoms with Gasteiger partial charge in [-0.3, -0.25) is 9.59 Å². The Morgan fingerprint density at radius 1 is 1.04 bits per heavy atom. The maximum atomic E-state index is 13.0. The molecule has 1 N–H and O–H groups in total. The number of nitrogens with one attached hydrogen (secondary N) is 1. The summed E-state index contributed by atoms with van der Waals surface area (Å²) in [5, 5.41) is 3.38. The molecule has 0 saturated carbocycles. The van der Waals surface area contributed by atoms with E-state index in [0.717, 1.165) is 16.7 Å². The number of amides is 1. The summed E-state index contributed by atoms with van der Waals surface area (Å²) in [6, 6.07) is 12.8. The molecule has 1 amide bonds. The van der Waals surface area contributed by atoms with Gasteiger partial charge in [-0.1, -0.05) is 36.4 Å². The highest BCUT2D eigenvalue weighted by molar-refractivity contribution is 5.99. The number of hydrogen-bond acceptors (Lipinski definition) is 3. The second-order valence-electron chi connectivity index (χ2n) is 5.95. The largest absolute Gasteiger partial charge is 0.450 e. The van der Waals surface area contributed by atoms with E-state index in [4.69, 9.17) is 4.42 Å². The first-order valence-corrected chi connectivity index (χ1v) is 7.50. The molecule has 0 saturated heterocycles. The SMILES string of the molecule is Cc1cc(C)c2oc3c(c(=O)c2c1)C(c1ccccc1)NC3=O. The van der Waals surface area contributed by atoms with Crippen LogP contribution in [0.5, 0.6) is 0 Å². The molecule has 1 atom stereocenters. The smallest absolute Gasteiger partial charge is 0.288 e. The molecule has 2 aromatic carbocycles. The lowest BCUT2D eigenvalue weighted by Gasteiger charge is -2.11. The van der Waals surface area contributed by atoms with Crippen molar-refractivity contribution >= 4 is 16.9 Å². The maximum Gasteiger partial charge on any atom is 0.288 e. The monoisotopic (exact) mass is 305 g/mol. The van der Waals surface area contributed by atoms with Crippen LogP contribution < -0.4 is 10.7 Å². The van der Waals surface area contributed by atoms with E-state index in [9.17, 15) is 9.59 Å². The van der Waals surface area contributed by atoms with E-state index in [-0.39, 0.29) is 17.1 Å². The highest BCUT2D eigenvalue weighted by Crippen LogP contribution is 2.31. The first-order chi connectivity index (χ1) is 11.1. The van der Waals surface area contributed by atoms with Crippen LogP contribution in [0, 0.1) is 13.8 Å². The van der Waals surface area contributed by atoms with Gasteiger partial charge in [0.1, 0.15) is 5.58 Å². The number of hydrogen-bond donors (Lipinski definition) is 1. The van der Waals surface area contributed by atoms with Crippen molar-refractivity contribution in [1.82, 2.24) is 5.32 Å². The fraction of sp³-hybridized carbons (Fsp3) is 0.158. The standard InChI is InChI=1S/C19H15NO3/c1-10-8-11(2)17-13(9-10)16(21)14-15(12-6-4-3-5-7-12)20-19(22)18(14)23-17/h3-9,15H,1-2H3,(H,20,22). The molecule has 3 aromatic rings. The van der Waals surface area contributed by atoms with Crippen LogP contribution in [0.15, 0.2) is 51.7 Å². The molecule has 4 heteroatoms. The van der Waals surface area contributed by atoms with E-state index in [1.807, 2.05) is 56.3 Å². The molecule has 0 bridgehead atoms. The van der Waals surface area contributed by atoms with Crippen LogP contribution in [0.4, 0.5) is 0 Å². The summed E-state index contributed by atoms with van der Waals surface area (Å²) >= 11 is 0. The predicted molar refractivity (Wildman–Crippen MR) is 87.7 cm³/mol. The molecule has 0 fully saturated rings. The van der Waals surface area contributed by atoms with Gasteiger partial charge < -0.3 is 9.73 Å². The zero-order chi connectivity index (χ0) is 16.1. The van der Waals surface area contributed by atoms with Gasteiger partial charge in [-0.05, 0) is 36.6 Å². The Morgan fingerprint density at radius 3 is 2.52 bits per heavy atom. The Balaban J connectivity index is 2.06. The topological polar surface area (TPSA) is 59.3 Å². The number of aryl methyl sites for hydroxylation is 2. The number of fused-ring (bicyclic) bond motifs is 2. The van der Waals surface area contributed by atoms with Gasteiger partial charge in [0.05, 0.1) is 17.0 Å². The van der Waals surface area contributed by atoms with Crippen molar-refractivity contribution in [3.05, 3.63) is 80.7 Å². The summed E-state index contributed by atoms with van der Waals surface area (Å²) in [6.45, 7) is 3.82. The number of carbonyl (C=O) groups is 1. The number of benzene rings is 2. The summed E-state index contributed by atoms with van der Waals surface area (Å²) in [5.41, 5.74) is 3.48. The Bertz CT molecular complexity index is 1000. The summed E-state index contributed by atoms with van der Waals surface area (Å²) < 4.78 is 5.82. The molecule has 0 radical (unpaired) electrons. The lowest BCUT2D eigenvalue weighted by atomic mass is 9.98. The van der Waals surface area contributed by atoms with Crippen LogP contribution in [-0.4, -0.2) is 5.91 Å². The van der Waals surface area contributed by atoms with E-state index < -0.39 is 6.04 Å². The van der Waals surface area contributed by atoms with E-state index in [1.165, 1.54) is 0 Å². The Morgan fingerprint density at radius 2 is 1.78 bits per heavy atom. The Hall–Kier alpha value is -2.88. The van der Waals surface area contributed by atoms with Crippen molar-refractivity contribution in [2.75, 3.05) is 0 Å². The van der Waals surface area contributed by atoms with Crippen molar-refractivity contribution in [3.63, 3.8) is 0 Å². The van der Waals surface area contributed by atoms with Crippen molar-refractivity contribution in [2.45, 2.75) is 19.9 Å². The molecule has 0 aliphatic carbocycles. The quantitative estimate of drug-likeness (QED) is 0.751. The molecular formula is C19H15NO3. The summed E-state index contributed by atoms with van der Waals surface area (Å²) in [5.74, 6) is -0.212. The zero-order valence-electron chi connectivity index (χ0n) is 12.8. The van der Waals surface area contributed by atoms with Crippen LogP contribution in [0.2, 0.25) is 0 Å². The van der Waals surface area contributed by atoms with Crippen LogP contribution in [0.25, 0.3) is 11.0 Å². The third-order valence-corrected chi connectivity index (χ3v) is 4.26. The third-order valence-electron chi connectivity index (χ3n) is 4.26. The van der Waals surface area contributed by atoms with Crippen molar-refractivity contribution in [1.29, 1.82) is 0 Å². The predicted octanol–water partition coefficient (Wildman–Crippen LogP) is 3.24. The first kappa shape index (κ1) is 13.8. The minimum atomic E-state index is -0.458. The lowest BCUT2D eigenvalue weighted by Crippen LogP contribution is -2.21. The van der Waals surface area contributed by atoms with Gasteiger partial charge in [0.2, 0.25) is 5.76 Å². The molecular weight excluding hydrogens is 290 g/mol. The average molecular weight is 305 g/mol. The van der Waals surface area contributed by atoms with Gasteiger partial charge in [0, 0.05) is 0 Å². The molecule has 0 spiro atoms. The van der Waals surface area contributed by atoms with Gasteiger partial charge >= 0.3 is 0 Å². The molecule has 1 aromatic heterocycles. The fourth-order valence-electron chi connectivity index (χ4n) is 3.26. The molecule has 4 rings (SSSR count). The average Bonchev–Trinajstić information content (AvgIpc) is 2.87. The van der Waals surface area contributed by atoms with E-state index in [1.54, 1.807) is 0 Å². The summed E-state index contributed by atoms with van der Waals surface area (Å²) in [6.07, 6.45) is 0. The van der Waals surface area contributed by atoms with Gasteiger partial charge in [-0.15, -0.1) is 0 Å². The molecule has 114 valence electrons. The molecule has 2 heterocycles. The minimum Gasteiger partial charge on any atom is -0.450 e. The molecule has 23 heavy (non-hydrogen) atoms. The van der Waals surface area contributed by atoms with Crippen LogP contribution in [0.3, 0.4) is 0 Å². The number of carbonyl (C=O) groups excluding carboxylic acids is 1. The van der Waals surface area contributed by atoms with Gasteiger partial charge in [0.15, 0.2) is 5.43 Å². The Labute approximate surface area is 132 Å². The van der Waals surface area contributed by atoms with Gasteiger partial charge in [0.25, 0.3) is 5.91 Å². The second-order valence-corrected chi connectivity index (χ2v) is 5.95. The summed E-state index contributed by atoms with van der Waals surface area (Å²) in [4.78, 5) is 25.3. The third kappa shape index (κ3) is 1.99. The van der Waals surface area contributed by atoms with Crippen molar-refractivity contribution < 1.29 is 9.21 Å². The van der Waals surface area contributed by atoms with Gasteiger partial charge in [-0.2, -0.15) is 0 Å². The van der Waals surface area contributed by atoms with Crippen LogP contribution >= 0.6 is 0 Å². The highest BCUT2D eigenvalue weighted by atomic mass is 16.3. The van der Waals surface area contributed by atoms with Crippen LogP contribution in [0.1, 0.15) is 38.9 Å². The van der Waals surface area contributed by atoms with Crippen molar-refractivity contribution in [2.24, 2.45) is 0 Å².